The predicted molar refractivity (Wildman–Crippen MR) is 71.9 cm³/mol. The van der Waals surface area contributed by atoms with Gasteiger partial charge in [0.2, 0.25) is 0 Å². The van der Waals surface area contributed by atoms with E-state index < -0.39 is 5.97 Å². The van der Waals surface area contributed by atoms with E-state index in [1.807, 2.05) is 0 Å². The van der Waals surface area contributed by atoms with E-state index in [0.29, 0.717) is 5.92 Å². The topological polar surface area (TPSA) is 49.3 Å². The van der Waals surface area contributed by atoms with Crippen molar-refractivity contribution in [1.29, 1.82) is 0 Å². The largest absolute Gasteiger partial charge is 0.481 e. The van der Waals surface area contributed by atoms with Gasteiger partial charge < -0.3 is 10.4 Å². The zero-order valence-electron chi connectivity index (χ0n) is 10.7. The minimum Gasteiger partial charge on any atom is -0.481 e. The second-order valence-corrected chi connectivity index (χ2v) is 4.97. The molecule has 0 radical (unpaired) electrons. The highest BCUT2D eigenvalue weighted by atomic mass is 16.4. The van der Waals surface area contributed by atoms with Crippen molar-refractivity contribution in [2.45, 2.75) is 38.0 Å². The molecule has 3 heteroatoms. The van der Waals surface area contributed by atoms with Crippen LogP contribution in [0.25, 0.3) is 0 Å². The molecule has 2 rings (SSSR count). The summed E-state index contributed by atoms with van der Waals surface area (Å²) in [6.45, 7) is 2.18. The van der Waals surface area contributed by atoms with Crippen molar-refractivity contribution in [3.63, 3.8) is 0 Å². The minimum atomic E-state index is -0.700. The normalized spacial score (nSPS) is 16.7. The number of nitrogens with one attached hydrogen (secondary N) is 1. The molecule has 1 aromatic carbocycles. The Kier molecular flexibility index (Phi) is 4.76. The summed E-state index contributed by atoms with van der Waals surface area (Å²) in [7, 11) is 0. The number of hydrogen-bond donors (Lipinski definition) is 2. The average molecular weight is 247 g/mol. The first-order chi connectivity index (χ1) is 8.77. The maximum atomic E-state index is 10.6. The summed E-state index contributed by atoms with van der Waals surface area (Å²) in [4.78, 5) is 10.6. The van der Waals surface area contributed by atoms with E-state index in [4.69, 9.17) is 5.11 Å². The zero-order valence-corrected chi connectivity index (χ0v) is 10.7. The van der Waals surface area contributed by atoms with Gasteiger partial charge in [-0.05, 0) is 55.8 Å². The van der Waals surface area contributed by atoms with Crippen molar-refractivity contribution in [2.75, 3.05) is 13.1 Å². The van der Waals surface area contributed by atoms with Gasteiger partial charge in [-0.25, -0.2) is 0 Å². The number of piperidine rings is 1. The van der Waals surface area contributed by atoms with Crippen molar-refractivity contribution in [2.24, 2.45) is 0 Å². The van der Waals surface area contributed by atoms with Crippen LogP contribution in [0.2, 0.25) is 0 Å². The van der Waals surface area contributed by atoms with Crippen molar-refractivity contribution in [3.8, 4) is 0 Å². The molecular weight excluding hydrogens is 226 g/mol. The summed E-state index contributed by atoms with van der Waals surface area (Å²) in [5.74, 6) is -0.0541. The summed E-state index contributed by atoms with van der Waals surface area (Å²) in [6.07, 6.45) is 4.26. The Labute approximate surface area is 108 Å². The van der Waals surface area contributed by atoms with Crippen LogP contribution in [-0.2, 0) is 11.2 Å². The van der Waals surface area contributed by atoms with E-state index in [1.54, 1.807) is 0 Å². The molecule has 0 amide bonds. The Bertz CT molecular complexity index is 397. The van der Waals surface area contributed by atoms with E-state index in [0.717, 1.165) is 25.9 Å². The third-order valence-corrected chi connectivity index (χ3v) is 3.67. The van der Waals surface area contributed by atoms with E-state index in [2.05, 4.69) is 29.6 Å². The fourth-order valence-corrected chi connectivity index (χ4v) is 2.72. The van der Waals surface area contributed by atoms with Gasteiger partial charge in [0, 0.05) is 6.42 Å². The molecule has 0 saturated carbocycles. The highest BCUT2D eigenvalue weighted by Crippen LogP contribution is 2.28. The standard InChI is InChI=1S/C15H21NO2/c17-15(18)7-3-5-12-4-1-2-6-14(12)13-8-10-16-11-9-13/h1-2,4,6,13,16H,3,5,7-11H2,(H,17,18). The second-order valence-electron chi connectivity index (χ2n) is 4.97. The van der Waals surface area contributed by atoms with Crippen LogP contribution < -0.4 is 5.32 Å². The molecule has 1 fully saturated rings. The van der Waals surface area contributed by atoms with Crippen LogP contribution in [-0.4, -0.2) is 24.2 Å². The Balaban J connectivity index is 2.02. The molecule has 0 atom stereocenters. The molecule has 1 aliphatic rings. The molecule has 2 N–H and O–H groups in total. The van der Waals surface area contributed by atoms with Gasteiger partial charge in [0.05, 0.1) is 0 Å². The number of carboxylic acid groups (broad SMARTS) is 1. The van der Waals surface area contributed by atoms with Crippen LogP contribution in [0.1, 0.15) is 42.7 Å². The molecule has 1 heterocycles. The molecule has 1 saturated heterocycles. The quantitative estimate of drug-likeness (QED) is 0.840. The third kappa shape index (κ3) is 3.57. The van der Waals surface area contributed by atoms with Gasteiger partial charge in [-0.15, -0.1) is 0 Å². The van der Waals surface area contributed by atoms with Crippen molar-refractivity contribution in [1.82, 2.24) is 5.32 Å². The first-order valence-corrected chi connectivity index (χ1v) is 6.77. The van der Waals surface area contributed by atoms with Gasteiger partial charge in [-0.2, -0.15) is 0 Å². The molecule has 1 aromatic rings. The number of carboxylic acids is 1. The molecule has 1 aliphatic heterocycles. The van der Waals surface area contributed by atoms with E-state index in [-0.39, 0.29) is 6.42 Å². The van der Waals surface area contributed by atoms with E-state index in [1.165, 1.54) is 24.0 Å². The van der Waals surface area contributed by atoms with Crippen molar-refractivity contribution < 1.29 is 9.90 Å². The first-order valence-electron chi connectivity index (χ1n) is 6.77. The molecule has 0 aromatic heterocycles. The van der Waals surface area contributed by atoms with Crippen LogP contribution in [0.15, 0.2) is 24.3 Å². The summed E-state index contributed by atoms with van der Waals surface area (Å²) < 4.78 is 0. The smallest absolute Gasteiger partial charge is 0.303 e. The van der Waals surface area contributed by atoms with Gasteiger partial charge in [0.25, 0.3) is 0 Å². The summed E-state index contributed by atoms with van der Waals surface area (Å²) in [5, 5.41) is 12.1. The lowest BCUT2D eigenvalue weighted by Gasteiger charge is -2.25. The van der Waals surface area contributed by atoms with Gasteiger partial charge in [-0.1, -0.05) is 24.3 Å². The maximum Gasteiger partial charge on any atom is 0.303 e. The Morgan fingerprint density at radius 2 is 2.00 bits per heavy atom. The number of aryl methyl sites for hydroxylation is 1. The van der Waals surface area contributed by atoms with Gasteiger partial charge in [0.15, 0.2) is 0 Å². The third-order valence-electron chi connectivity index (χ3n) is 3.67. The molecule has 0 bridgehead atoms. The fraction of sp³-hybridized carbons (Fsp3) is 0.533. The molecule has 3 nitrogen and oxygen atoms in total. The minimum absolute atomic E-state index is 0.264. The van der Waals surface area contributed by atoms with Crippen LogP contribution in [0, 0.1) is 0 Å². The molecule has 98 valence electrons. The monoisotopic (exact) mass is 247 g/mol. The molecule has 0 spiro atoms. The summed E-state index contributed by atoms with van der Waals surface area (Å²) in [6, 6.07) is 8.52. The molecule has 0 aliphatic carbocycles. The lowest BCUT2D eigenvalue weighted by Crippen LogP contribution is -2.27. The molecule has 18 heavy (non-hydrogen) atoms. The number of hydrogen-bond acceptors (Lipinski definition) is 2. The van der Waals surface area contributed by atoms with Crippen LogP contribution in [0.3, 0.4) is 0 Å². The van der Waals surface area contributed by atoms with Crippen LogP contribution in [0.4, 0.5) is 0 Å². The SMILES string of the molecule is O=C(O)CCCc1ccccc1C1CCNCC1. The Morgan fingerprint density at radius 3 is 2.72 bits per heavy atom. The Hall–Kier alpha value is -1.35. The maximum absolute atomic E-state index is 10.6. The van der Waals surface area contributed by atoms with Gasteiger partial charge in [0.1, 0.15) is 0 Å². The van der Waals surface area contributed by atoms with Crippen molar-refractivity contribution in [3.05, 3.63) is 35.4 Å². The number of carbonyl (C=O) groups is 1. The number of benzene rings is 1. The lowest BCUT2D eigenvalue weighted by molar-refractivity contribution is -0.137. The van der Waals surface area contributed by atoms with Crippen molar-refractivity contribution >= 4 is 5.97 Å². The zero-order chi connectivity index (χ0) is 12.8. The highest BCUT2D eigenvalue weighted by molar-refractivity contribution is 5.66. The highest BCUT2D eigenvalue weighted by Gasteiger charge is 2.17. The average Bonchev–Trinajstić information content (AvgIpc) is 2.40. The van der Waals surface area contributed by atoms with E-state index >= 15 is 0 Å². The first kappa shape index (κ1) is 13.1. The van der Waals surface area contributed by atoms with Crippen LogP contribution >= 0.6 is 0 Å². The number of rotatable bonds is 5. The second kappa shape index (κ2) is 6.55. The fourth-order valence-electron chi connectivity index (χ4n) is 2.72. The Morgan fingerprint density at radius 1 is 1.28 bits per heavy atom. The number of aliphatic carboxylic acids is 1. The van der Waals surface area contributed by atoms with Crippen LogP contribution in [0.5, 0.6) is 0 Å². The molecular formula is C15H21NO2. The summed E-state index contributed by atoms with van der Waals surface area (Å²) in [5.41, 5.74) is 2.77. The lowest BCUT2D eigenvalue weighted by atomic mass is 9.86. The summed E-state index contributed by atoms with van der Waals surface area (Å²) >= 11 is 0. The van der Waals surface area contributed by atoms with E-state index in [9.17, 15) is 4.79 Å². The predicted octanol–water partition coefficient (Wildman–Crippen LogP) is 2.56. The van der Waals surface area contributed by atoms with Gasteiger partial charge in [-0.3, -0.25) is 4.79 Å². The van der Waals surface area contributed by atoms with Gasteiger partial charge >= 0.3 is 5.97 Å². The molecule has 0 unspecified atom stereocenters.